The van der Waals surface area contributed by atoms with Gasteiger partial charge in [0, 0.05) is 24.3 Å². The van der Waals surface area contributed by atoms with Crippen molar-refractivity contribution in [1.29, 1.82) is 0 Å². The Bertz CT molecular complexity index is 338. The highest BCUT2D eigenvalue weighted by molar-refractivity contribution is 5.46. The molecule has 96 valence electrons. The summed E-state index contributed by atoms with van der Waals surface area (Å²) in [5.74, 6) is 1.66. The van der Waals surface area contributed by atoms with E-state index in [-0.39, 0.29) is 0 Å². The molecule has 0 aliphatic heterocycles. The van der Waals surface area contributed by atoms with E-state index in [1.54, 1.807) is 0 Å². The molecule has 0 spiro atoms. The fourth-order valence-electron chi connectivity index (χ4n) is 1.65. The maximum Gasteiger partial charge on any atom is 0.224 e. The van der Waals surface area contributed by atoms with Gasteiger partial charge in [-0.2, -0.15) is 4.98 Å². The van der Waals surface area contributed by atoms with E-state index < -0.39 is 0 Å². The van der Waals surface area contributed by atoms with E-state index >= 15 is 0 Å². The van der Waals surface area contributed by atoms with Crippen LogP contribution in [0.2, 0.25) is 0 Å². The Morgan fingerprint density at radius 1 is 1.29 bits per heavy atom. The summed E-state index contributed by atoms with van der Waals surface area (Å²) in [5, 5.41) is 6.64. The van der Waals surface area contributed by atoms with Crippen LogP contribution in [0.3, 0.4) is 0 Å². The van der Waals surface area contributed by atoms with E-state index in [1.165, 1.54) is 6.42 Å². The molecule has 4 nitrogen and oxygen atoms in total. The molecule has 0 fully saturated rings. The van der Waals surface area contributed by atoms with Gasteiger partial charge < -0.3 is 10.6 Å². The SMILES string of the molecule is CCCNc1ncc(C)c(NC(C)CCC)n1. The fourth-order valence-corrected chi connectivity index (χ4v) is 1.65. The molecule has 1 atom stereocenters. The normalized spacial score (nSPS) is 12.2. The summed E-state index contributed by atoms with van der Waals surface area (Å²) in [6.07, 6.45) is 5.28. The molecule has 1 heterocycles. The number of nitrogens with zero attached hydrogens (tertiary/aromatic N) is 2. The minimum Gasteiger partial charge on any atom is -0.367 e. The van der Waals surface area contributed by atoms with E-state index in [4.69, 9.17) is 0 Å². The summed E-state index contributed by atoms with van der Waals surface area (Å²) in [5.41, 5.74) is 1.09. The fraction of sp³-hybridized carbons (Fsp3) is 0.692. The summed E-state index contributed by atoms with van der Waals surface area (Å²) < 4.78 is 0. The molecule has 0 aliphatic carbocycles. The summed E-state index contributed by atoms with van der Waals surface area (Å²) in [6, 6.07) is 0.452. The molecule has 1 aromatic rings. The molecule has 4 heteroatoms. The van der Waals surface area contributed by atoms with Crippen molar-refractivity contribution >= 4 is 11.8 Å². The second-order valence-electron chi connectivity index (χ2n) is 4.49. The predicted octanol–water partition coefficient (Wildman–Crippen LogP) is 3.21. The van der Waals surface area contributed by atoms with Crippen molar-refractivity contribution in [2.45, 2.75) is 53.0 Å². The Morgan fingerprint density at radius 2 is 2.06 bits per heavy atom. The van der Waals surface area contributed by atoms with Gasteiger partial charge in [-0.25, -0.2) is 4.98 Å². The molecule has 0 bridgehead atoms. The van der Waals surface area contributed by atoms with E-state index in [1.807, 2.05) is 13.1 Å². The van der Waals surface area contributed by atoms with Crippen LogP contribution in [0, 0.1) is 6.92 Å². The van der Waals surface area contributed by atoms with Crippen molar-refractivity contribution in [3.8, 4) is 0 Å². The van der Waals surface area contributed by atoms with Gasteiger partial charge >= 0.3 is 0 Å². The van der Waals surface area contributed by atoms with Gasteiger partial charge in [0.1, 0.15) is 5.82 Å². The summed E-state index contributed by atoms with van der Waals surface area (Å²) in [7, 11) is 0. The quantitative estimate of drug-likeness (QED) is 0.763. The van der Waals surface area contributed by atoms with Crippen LogP contribution in [0.25, 0.3) is 0 Å². The topological polar surface area (TPSA) is 49.8 Å². The van der Waals surface area contributed by atoms with Crippen LogP contribution in [0.4, 0.5) is 11.8 Å². The lowest BCUT2D eigenvalue weighted by molar-refractivity contribution is 0.686. The second kappa shape index (κ2) is 7.09. The maximum atomic E-state index is 4.50. The van der Waals surface area contributed by atoms with Crippen LogP contribution >= 0.6 is 0 Å². The average Bonchev–Trinajstić information content (AvgIpc) is 2.30. The molecule has 17 heavy (non-hydrogen) atoms. The molecule has 1 rings (SSSR count). The lowest BCUT2D eigenvalue weighted by Crippen LogP contribution is -2.17. The zero-order chi connectivity index (χ0) is 12.7. The molecule has 0 radical (unpaired) electrons. The molecule has 0 aliphatic rings. The van der Waals surface area contributed by atoms with E-state index in [9.17, 15) is 0 Å². The molecule has 0 saturated carbocycles. The van der Waals surface area contributed by atoms with Gasteiger partial charge in [-0.1, -0.05) is 20.3 Å². The van der Waals surface area contributed by atoms with Crippen LogP contribution < -0.4 is 10.6 Å². The Labute approximate surface area is 104 Å². The highest BCUT2D eigenvalue weighted by Gasteiger charge is 2.06. The molecule has 1 unspecified atom stereocenters. The average molecular weight is 236 g/mol. The van der Waals surface area contributed by atoms with Gasteiger partial charge in [0.15, 0.2) is 0 Å². The number of nitrogens with one attached hydrogen (secondary N) is 2. The lowest BCUT2D eigenvalue weighted by Gasteiger charge is -2.16. The number of hydrogen-bond acceptors (Lipinski definition) is 4. The number of hydrogen-bond donors (Lipinski definition) is 2. The first kappa shape index (κ1) is 13.7. The van der Waals surface area contributed by atoms with Crippen molar-refractivity contribution in [3.63, 3.8) is 0 Å². The number of aryl methyl sites for hydroxylation is 1. The van der Waals surface area contributed by atoms with E-state index in [0.29, 0.717) is 12.0 Å². The third-order valence-corrected chi connectivity index (χ3v) is 2.61. The zero-order valence-corrected chi connectivity index (χ0v) is 11.4. The highest BCUT2D eigenvalue weighted by Crippen LogP contribution is 2.14. The first-order valence-electron chi connectivity index (χ1n) is 6.51. The number of anilines is 2. The number of aromatic nitrogens is 2. The molecule has 1 aromatic heterocycles. The molecule has 0 aromatic carbocycles. The van der Waals surface area contributed by atoms with Gasteiger partial charge in [0.05, 0.1) is 0 Å². The van der Waals surface area contributed by atoms with E-state index in [2.05, 4.69) is 41.4 Å². The minimum absolute atomic E-state index is 0.452. The molecule has 2 N–H and O–H groups in total. The van der Waals surface area contributed by atoms with Crippen molar-refractivity contribution < 1.29 is 0 Å². The Balaban J connectivity index is 2.68. The standard InChI is InChI=1S/C13H24N4/c1-5-7-11(4)16-12-10(3)9-15-13(17-12)14-8-6-2/h9,11H,5-8H2,1-4H3,(H2,14,15,16,17). The monoisotopic (exact) mass is 236 g/mol. The van der Waals surface area contributed by atoms with Gasteiger partial charge in [-0.3, -0.25) is 0 Å². The van der Waals surface area contributed by atoms with Crippen molar-refractivity contribution in [2.24, 2.45) is 0 Å². The molecule has 0 saturated heterocycles. The first-order chi connectivity index (χ1) is 8.17. The Kier molecular flexibility index (Phi) is 5.73. The minimum atomic E-state index is 0.452. The highest BCUT2D eigenvalue weighted by atomic mass is 15.1. The Morgan fingerprint density at radius 3 is 2.71 bits per heavy atom. The van der Waals surface area contributed by atoms with Crippen molar-refractivity contribution in [1.82, 2.24) is 9.97 Å². The molecule has 0 amide bonds. The predicted molar refractivity (Wildman–Crippen MR) is 73.5 cm³/mol. The van der Waals surface area contributed by atoms with Crippen molar-refractivity contribution in [2.75, 3.05) is 17.2 Å². The molecular formula is C13H24N4. The van der Waals surface area contributed by atoms with E-state index in [0.717, 1.165) is 30.8 Å². The summed E-state index contributed by atoms with van der Waals surface area (Å²) in [6.45, 7) is 9.45. The smallest absolute Gasteiger partial charge is 0.224 e. The maximum absolute atomic E-state index is 4.50. The molecular weight excluding hydrogens is 212 g/mol. The third-order valence-electron chi connectivity index (χ3n) is 2.61. The summed E-state index contributed by atoms with van der Waals surface area (Å²) in [4.78, 5) is 8.77. The largest absolute Gasteiger partial charge is 0.367 e. The number of rotatable bonds is 7. The summed E-state index contributed by atoms with van der Waals surface area (Å²) >= 11 is 0. The van der Waals surface area contributed by atoms with Crippen LogP contribution in [0.1, 0.15) is 45.6 Å². The van der Waals surface area contributed by atoms with Crippen LogP contribution in [-0.2, 0) is 0 Å². The van der Waals surface area contributed by atoms with Crippen molar-refractivity contribution in [3.05, 3.63) is 11.8 Å². The van der Waals surface area contributed by atoms with Gasteiger partial charge in [-0.05, 0) is 26.7 Å². The van der Waals surface area contributed by atoms with Gasteiger partial charge in [0.2, 0.25) is 5.95 Å². The van der Waals surface area contributed by atoms with Crippen LogP contribution in [0.5, 0.6) is 0 Å². The van der Waals surface area contributed by atoms with Crippen LogP contribution in [0.15, 0.2) is 6.20 Å². The zero-order valence-electron chi connectivity index (χ0n) is 11.4. The Hall–Kier alpha value is -1.32. The van der Waals surface area contributed by atoms with Gasteiger partial charge in [-0.15, -0.1) is 0 Å². The first-order valence-corrected chi connectivity index (χ1v) is 6.51. The second-order valence-corrected chi connectivity index (χ2v) is 4.49. The van der Waals surface area contributed by atoms with Gasteiger partial charge in [0.25, 0.3) is 0 Å². The van der Waals surface area contributed by atoms with Crippen LogP contribution in [-0.4, -0.2) is 22.6 Å². The lowest BCUT2D eigenvalue weighted by atomic mass is 10.2. The third kappa shape index (κ3) is 4.59.